The lowest BCUT2D eigenvalue weighted by molar-refractivity contribution is 0.161. The number of aryl methyl sites for hydroxylation is 3. The zero-order valence-corrected chi connectivity index (χ0v) is 7.81. The summed E-state index contributed by atoms with van der Waals surface area (Å²) >= 11 is 0. The van der Waals surface area contributed by atoms with Crippen LogP contribution in [0, 0.1) is 20.8 Å². The van der Waals surface area contributed by atoms with Crippen LogP contribution in [0.2, 0.25) is 0 Å². The minimum Gasteiger partial charge on any atom is -0.316 e. The van der Waals surface area contributed by atoms with Crippen molar-refractivity contribution in [2.45, 2.75) is 27.3 Å². The van der Waals surface area contributed by atoms with Crippen LogP contribution in [0.15, 0.2) is 12.1 Å². The van der Waals surface area contributed by atoms with Crippen LogP contribution in [0.4, 0.5) is 0 Å². The van der Waals surface area contributed by atoms with E-state index >= 15 is 0 Å². The summed E-state index contributed by atoms with van der Waals surface area (Å²) in [6.45, 7) is 6.75. The first kappa shape index (κ1) is 9.23. The number of hydrogen-bond donors (Lipinski definition) is 2. The van der Waals surface area contributed by atoms with Crippen LogP contribution >= 0.6 is 0 Å². The molecule has 0 fully saturated rings. The number of nitrogens with one attached hydrogen (secondary N) is 1. The van der Waals surface area contributed by atoms with Gasteiger partial charge in [0.25, 0.3) is 0 Å². The molecule has 1 aromatic rings. The number of rotatable bonds is 2. The molecule has 0 aliphatic carbocycles. The minimum absolute atomic E-state index is 0.521. The van der Waals surface area contributed by atoms with Crippen LogP contribution in [0.1, 0.15) is 22.3 Å². The van der Waals surface area contributed by atoms with Crippen molar-refractivity contribution in [2.75, 3.05) is 0 Å². The van der Waals surface area contributed by atoms with Crippen LogP contribution in [0.25, 0.3) is 0 Å². The van der Waals surface area contributed by atoms with Crippen molar-refractivity contribution in [2.24, 2.45) is 0 Å². The Kier molecular flexibility index (Phi) is 2.84. The molecule has 2 nitrogen and oxygen atoms in total. The Labute approximate surface area is 73.2 Å². The highest BCUT2D eigenvalue weighted by Crippen LogP contribution is 2.14. The van der Waals surface area contributed by atoms with Gasteiger partial charge in [0.05, 0.1) is 0 Å². The molecule has 0 heterocycles. The lowest BCUT2D eigenvalue weighted by atomic mass is 10.0. The molecule has 0 aliphatic heterocycles. The Balaban J connectivity index is 3.05. The fourth-order valence-corrected chi connectivity index (χ4v) is 1.30. The molecule has 0 amide bonds. The number of benzene rings is 1. The van der Waals surface area contributed by atoms with E-state index in [0.29, 0.717) is 6.54 Å². The third kappa shape index (κ3) is 1.84. The smallest absolute Gasteiger partial charge is 0.0460 e. The van der Waals surface area contributed by atoms with Crippen molar-refractivity contribution in [1.82, 2.24) is 5.48 Å². The Hall–Kier alpha value is -0.860. The van der Waals surface area contributed by atoms with Gasteiger partial charge in [0.15, 0.2) is 0 Å². The summed E-state index contributed by atoms with van der Waals surface area (Å²) in [5, 5.41) is 8.55. The quantitative estimate of drug-likeness (QED) is 0.658. The summed E-state index contributed by atoms with van der Waals surface area (Å²) in [5.41, 5.74) is 7.12. The van der Waals surface area contributed by atoms with Gasteiger partial charge in [0, 0.05) is 6.54 Å². The number of hydroxylamine groups is 1. The van der Waals surface area contributed by atoms with Gasteiger partial charge in [0.2, 0.25) is 0 Å². The van der Waals surface area contributed by atoms with Crippen molar-refractivity contribution in [3.05, 3.63) is 34.4 Å². The van der Waals surface area contributed by atoms with Crippen LogP contribution in [0.5, 0.6) is 0 Å². The van der Waals surface area contributed by atoms with E-state index in [0.717, 1.165) is 5.56 Å². The maximum atomic E-state index is 8.55. The van der Waals surface area contributed by atoms with Crippen molar-refractivity contribution < 1.29 is 5.21 Å². The maximum absolute atomic E-state index is 8.55. The van der Waals surface area contributed by atoms with E-state index in [4.69, 9.17) is 5.21 Å². The Morgan fingerprint density at radius 2 is 1.67 bits per heavy atom. The van der Waals surface area contributed by atoms with Gasteiger partial charge in [-0.2, -0.15) is 0 Å². The predicted molar refractivity (Wildman–Crippen MR) is 49.3 cm³/mol. The fraction of sp³-hybridized carbons (Fsp3) is 0.400. The van der Waals surface area contributed by atoms with E-state index in [9.17, 15) is 0 Å². The van der Waals surface area contributed by atoms with Gasteiger partial charge in [-0.05, 0) is 43.0 Å². The van der Waals surface area contributed by atoms with E-state index in [2.05, 4.69) is 38.4 Å². The molecule has 1 aromatic carbocycles. The molecule has 0 bridgehead atoms. The Bertz CT molecular complexity index is 281. The topological polar surface area (TPSA) is 32.3 Å². The fourth-order valence-electron chi connectivity index (χ4n) is 1.30. The molecule has 66 valence electrons. The molecule has 2 N–H and O–H groups in total. The van der Waals surface area contributed by atoms with E-state index in [1.54, 1.807) is 0 Å². The van der Waals surface area contributed by atoms with Crippen LogP contribution in [-0.2, 0) is 6.54 Å². The Morgan fingerprint density at radius 3 is 2.25 bits per heavy atom. The van der Waals surface area contributed by atoms with E-state index in [1.807, 2.05) is 0 Å². The maximum Gasteiger partial charge on any atom is 0.0460 e. The van der Waals surface area contributed by atoms with E-state index in [-0.39, 0.29) is 0 Å². The lowest BCUT2D eigenvalue weighted by Gasteiger charge is -2.08. The minimum atomic E-state index is 0.521. The van der Waals surface area contributed by atoms with Crippen molar-refractivity contribution in [3.8, 4) is 0 Å². The molecular formula is C10H15NO. The highest BCUT2D eigenvalue weighted by atomic mass is 16.5. The Morgan fingerprint density at radius 1 is 1.08 bits per heavy atom. The van der Waals surface area contributed by atoms with Crippen LogP contribution in [0.3, 0.4) is 0 Å². The lowest BCUT2D eigenvalue weighted by Crippen LogP contribution is -2.08. The van der Waals surface area contributed by atoms with Gasteiger partial charge in [-0.25, -0.2) is 5.48 Å². The average molecular weight is 165 g/mol. The zero-order valence-electron chi connectivity index (χ0n) is 7.81. The van der Waals surface area contributed by atoms with Crippen LogP contribution < -0.4 is 5.48 Å². The summed E-state index contributed by atoms with van der Waals surface area (Å²) < 4.78 is 0. The van der Waals surface area contributed by atoms with E-state index in [1.165, 1.54) is 16.7 Å². The average Bonchev–Trinajstić information content (AvgIpc) is 2.01. The van der Waals surface area contributed by atoms with Crippen LogP contribution in [-0.4, -0.2) is 5.21 Å². The van der Waals surface area contributed by atoms with Gasteiger partial charge in [-0.3, -0.25) is 0 Å². The van der Waals surface area contributed by atoms with Gasteiger partial charge >= 0.3 is 0 Å². The van der Waals surface area contributed by atoms with Gasteiger partial charge in [-0.1, -0.05) is 12.1 Å². The first-order valence-electron chi connectivity index (χ1n) is 4.09. The molecule has 0 aliphatic rings. The predicted octanol–water partition coefficient (Wildman–Crippen LogP) is 2.09. The normalized spacial score (nSPS) is 10.3. The molecule has 0 radical (unpaired) electrons. The standard InChI is InChI=1S/C10H15NO/c1-7-4-9(3)10(6-11-12)5-8(7)2/h4-5,11-12H,6H2,1-3H3. The first-order valence-corrected chi connectivity index (χ1v) is 4.09. The second kappa shape index (κ2) is 3.70. The van der Waals surface area contributed by atoms with Crippen molar-refractivity contribution in [1.29, 1.82) is 0 Å². The monoisotopic (exact) mass is 165 g/mol. The van der Waals surface area contributed by atoms with Gasteiger partial charge in [-0.15, -0.1) is 0 Å². The SMILES string of the molecule is Cc1cc(C)c(CNO)cc1C. The second-order valence-electron chi connectivity index (χ2n) is 3.20. The third-order valence-electron chi connectivity index (χ3n) is 2.22. The number of hydrogen-bond acceptors (Lipinski definition) is 2. The molecule has 0 aromatic heterocycles. The molecular weight excluding hydrogens is 150 g/mol. The largest absolute Gasteiger partial charge is 0.316 e. The molecule has 0 saturated carbocycles. The summed E-state index contributed by atoms with van der Waals surface area (Å²) in [7, 11) is 0. The molecule has 0 atom stereocenters. The van der Waals surface area contributed by atoms with Crippen molar-refractivity contribution in [3.63, 3.8) is 0 Å². The van der Waals surface area contributed by atoms with Gasteiger partial charge < -0.3 is 5.21 Å². The van der Waals surface area contributed by atoms with E-state index < -0.39 is 0 Å². The second-order valence-corrected chi connectivity index (χ2v) is 3.20. The summed E-state index contributed by atoms with van der Waals surface area (Å²) in [4.78, 5) is 0. The molecule has 2 heteroatoms. The molecule has 1 rings (SSSR count). The summed E-state index contributed by atoms with van der Waals surface area (Å²) in [5.74, 6) is 0. The molecule has 0 spiro atoms. The first-order chi connectivity index (χ1) is 5.65. The zero-order chi connectivity index (χ0) is 9.14. The molecule has 0 unspecified atom stereocenters. The summed E-state index contributed by atoms with van der Waals surface area (Å²) in [6.07, 6.45) is 0. The van der Waals surface area contributed by atoms with Crippen molar-refractivity contribution >= 4 is 0 Å². The summed E-state index contributed by atoms with van der Waals surface area (Å²) in [6, 6.07) is 4.25. The highest BCUT2D eigenvalue weighted by molar-refractivity contribution is 5.36. The molecule has 12 heavy (non-hydrogen) atoms. The third-order valence-corrected chi connectivity index (χ3v) is 2.22. The highest BCUT2D eigenvalue weighted by Gasteiger charge is 2.00. The van der Waals surface area contributed by atoms with Gasteiger partial charge in [0.1, 0.15) is 0 Å². The molecule has 0 saturated heterocycles.